The Morgan fingerprint density at radius 3 is 1.18 bits per heavy atom. The fraction of sp³-hybridized carbons (Fsp3) is 0.421. The van der Waals surface area contributed by atoms with Gasteiger partial charge in [0.05, 0.1) is 63.4 Å². The molecular formula is C57H76I5N14O15S3-. The van der Waals surface area contributed by atoms with E-state index in [0.29, 0.717) is 146 Å². The number of imidazole rings is 3. The fourth-order valence-electron chi connectivity index (χ4n) is 9.88. The number of piperazine rings is 1. The Labute approximate surface area is 607 Å². The minimum Gasteiger partial charge on any atom is -0.264 e. The maximum Gasteiger partial charge on any atom is 0.394 e. The number of aryl methyl sites for hydroxylation is 6. The average molecular weight is 1930 g/mol. The SMILES string of the molecule is CCCc1nc(C)c2c(=O)[nH]c(-c3cc(S(=O)(=O)N4CCN(CC)CC4)ccc3OCC)nn12.CCCc1nc(C)c2c(=O)[nH]c(-c3cc(S(=O)(=O)O)ccc3OCC)nn12.CCCc1nc(C)c2c(=O)[nH]c(-c3ccccc3OCC)nn12.I.I.I[I-]I.O=S(=O)(O)O. The number of rotatable bonds is 19. The molecule has 6 aromatic heterocycles. The van der Waals surface area contributed by atoms with Crippen LogP contribution in [0.2, 0.25) is 0 Å². The maximum atomic E-state index is 13.4. The number of H-pyrrole nitrogens is 3. The molecule has 0 atom stereocenters. The van der Waals surface area contributed by atoms with Crippen molar-refractivity contribution in [1.82, 2.24) is 68.0 Å². The molecule has 1 aliphatic rings. The Kier molecular flexibility index (Phi) is 32.6. The molecule has 1 aliphatic heterocycles. The molecule has 29 nitrogen and oxygen atoms in total. The molecule has 7 heterocycles. The zero-order valence-corrected chi connectivity index (χ0v) is 66.6. The van der Waals surface area contributed by atoms with Crippen LogP contribution in [-0.2, 0) is 49.8 Å². The first kappa shape index (κ1) is 81.8. The van der Waals surface area contributed by atoms with Crippen LogP contribution in [0.4, 0.5) is 0 Å². The summed E-state index contributed by atoms with van der Waals surface area (Å²) in [6.45, 7) is 23.5. The third-order valence-corrected chi connectivity index (χ3v) is 16.6. The molecule has 37 heteroatoms. The van der Waals surface area contributed by atoms with Gasteiger partial charge in [-0.25, -0.2) is 36.9 Å². The summed E-state index contributed by atoms with van der Waals surface area (Å²) in [5.74, 6) is 4.47. The van der Waals surface area contributed by atoms with Crippen molar-refractivity contribution in [3.63, 3.8) is 0 Å². The number of nitrogens with zero attached hydrogens (tertiary/aromatic N) is 11. The Bertz CT molecular complexity index is 4570. The molecule has 518 valence electrons. The zero-order chi connectivity index (χ0) is 67.8. The third-order valence-electron chi connectivity index (χ3n) is 13.8. The number of sulfonamides is 1. The number of halogens is 5. The first-order valence-corrected chi connectivity index (χ1v) is 46.0. The van der Waals surface area contributed by atoms with Crippen LogP contribution in [0, 0.1) is 20.8 Å². The van der Waals surface area contributed by atoms with Crippen LogP contribution < -0.4 is 44.1 Å². The van der Waals surface area contributed by atoms with Crippen molar-refractivity contribution in [2.24, 2.45) is 0 Å². The molecule has 3 aromatic carbocycles. The molecular weight excluding hydrogens is 1850 g/mol. The van der Waals surface area contributed by atoms with Crippen molar-refractivity contribution in [1.29, 1.82) is 0 Å². The average Bonchev–Trinajstić information content (AvgIpc) is 1.47. The molecule has 0 unspecified atom stereocenters. The predicted molar refractivity (Wildman–Crippen MR) is 391 cm³/mol. The summed E-state index contributed by atoms with van der Waals surface area (Å²) in [4.78, 5) is 61.8. The molecule has 10 rings (SSSR count). The quantitative estimate of drug-likeness (QED) is 0.0389. The number of hydrogen-bond donors (Lipinski definition) is 6. The predicted octanol–water partition coefficient (Wildman–Crippen LogP) is 6.16. The molecule has 0 bridgehead atoms. The summed E-state index contributed by atoms with van der Waals surface area (Å²) in [7, 11) is -12.8. The van der Waals surface area contributed by atoms with Crippen LogP contribution in [0.3, 0.4) is 0 Å². The van der Waals surface area contributed by atoms with E-state index in [1.165, 1.54) is 27.0 Å². The fourth-order valence-corrected chi connectivity index (χ4v) is 11.8. The van der Waals surface area contributed by atoms with Gasteiger partial charge in [0.15, 0.2) is 34.0 Å². The topological polar surface area (TPSA) is 386 Å². The molecule has 94 heavy (non-hydrogen) atoms. The molecule has 0 spiro atoms. The smallest absolute Gasteiger partial charge is 0.264 e. The molecule has 9 aromatic rings. The molecule has 0 radical (unpaired) electrons. The van der Waals surface area contributed by atoms with Gasteiger partial charge in [0.2, 0.25) is 10.0 Å². The molecule has 0 saturated carbocycles. The van der Waals surface area contributed by atoms with E-state index in [4.69, 9.17) is 31.7 Å². The Morgan fingerprint density at radius 2 is 0.840 bits per heavy atom. The van der Waals surface area contributed by atoms with Crippen molar-refractivity contribution < 1.29 is 66.4 Å². The van der Waals surface area contributed by atoms with E-state index in [2.05, 4.69) is 101 Å². The number of benzene rings is 3. The Morgan fingerprint density at radius 1 is 0.511 bits per heavy atom. The summed E-state index contributed by atoms with van der Waals surface area (Å²) in [6.07, 6.45) is 4.70. The van der Waals surface area contributed by atoms with Crippen LogP contribution in [0.5, 0.6) is 17.2 Å². The second-order valence-corrected chi connectivity index (χ2v) is 40.7. The van der Waals surface area contributed by atoms with E-state index in [9.17, 15) is 35.8 Å². The van der Waals surface area contributed by atoms with Crippen LogP contribution in [-0.4, -0.2) is 159 Å². The van der Waals surface area contributed by atoms with Gasteiger partial charge < -0.3 is 34.1 Å². The van der Waals surface area contributed by atoms with Crippen molar-refractivity contribution >= 4 is 132 Å². The number of ether oxygens (including phenoxy) is 3. The number of hydrogen-bond acceptors (Lipinski definition) is 19. The van der Waals surface area contributed by atoms with Gasteiger partial charge in [0.25, 0.3) is 26.8 Å². The van der Waals surface area contributed by atoms with Gasteiger partial charge in [-0.2, -0.15) is 21.1 Å². The van der Waals surface area contributed by atoms with Gasteiger partial charge in [-0.3, -0.25) is 28.0 Å². The first-order valence-electron chi connectivity index (χ1n) is 29.1. The number of aromatic nitrogens is 12. The van der Waals surface area contributed by atoms with Crippen molar-refractivity contribution in [3.8, 4) is 51.4 Å². The number of likely N-dealkylation sites (N-methyl/N-ethyl adjacent to an activating group) is 1. The minimum absolute atomic E-state index is 0. The van der Waals surface area contributed by atoms with E-state index in [-0.39, 0.29) is 86.1 Å². The van der Waals surface area contributed by atoms with E-state index in [1.807, 2.05) is 58.9 Å². The number of nitrogens with one attached hydrogen (secondary N) is 3. The van der Waals surface area contributed by atoms with E-state index in [1.54, 1.807) is 48.0 Å². The largest absolute Gasteiger partial charge is 0.394 e. The third kappa shape index (κ3) is 21.0. The van der Waals surface area contributed by atoms with E-state index < -0.39 is 36.1 Å². The second-order valence-electron chi connectivity index (χ2n) is 20.2. The van der Waals surface area contributed by atoms with Crippen molar-refractivity contribution in [2.75, 3.05) is 52.5 Å². The van der Waals surface area contributed by atoms with Crippen molar-refractivity contribution in [2.45, 2.75) is 118 Å². The van der Waals surface area contributed by atoms with Gasteiger partial charge >= 0.3 is 60.9 Å². The van der Waals surface area contributed by atoms with Crippen molar-refractivity contribution in [3.05, 3.63) is 126 Å². The molecule has 0 amide bonds. The van der Waals surface area contributed by atoms with Gasteiger partial charge in [-0.15, -0.1) is 63.2 Å². The van der Waals surface area contributed by atoms with Crippen LogP contribution in [0.1, 0.15) is 102 Å². The summed E-state index contributed by atoms with van der Waals surface area (Å²) in [6, 6.07) is 16.1. The summed E-state index contributed by atoms with van der Waals surface area (Å²) >= 11 is 5.30. The number of para-hydroxylation sites is 1. The number of fused-ring (bicyclic) bond motifs is 3. The van der Waals surface area contributed by atoms with Crippen LogP contribution in [0.25, 0.3) is 50.7 Å². The number of aromatic amines is 3. The summed E-state index contributed by atoms with van der Waals surface area (Å²) in [5, 5.41) is 13.7. The van der Waals surface area contributed by atoms with Gasteiger partial charge in [-0.1, -0.05) is 39.8 Å². The second kappa shape index (κ2) is 37.4. The minimum atomic E-state index is -4.67. The standard InChI is InChI=1S/C23H32N6O4S.C17H20N4O5S.C17H20N4O2.I3.2HI.H2O4S/c1-5-8-20-24-16(4)21-23(30)25-22(26-29(20)21)18-15-17(9-10-19(18)33-7-3)34(31,32)28-13-11-27(6-2)12-14-28;1-4-6-14-18-10(3)15-17(22)19-16(20-21(14)15)12-9-11(27(23,24)25)7-8-13(12)26-5-2;1-4-8-14-18-11(3)15-17(22)19-16(20-21(14)15)12-9-6-7-10-13(12)23-5-2;1-3-2;;;1-5(2,3)4/h9-10,15H,5-8,11-14H2,1-4H3,(H,25,26,30);7-9H,4-6H2,1-3H3,(H,19,20,22)(H,23,24,25);6-7,9-10H,4-5,8H2,1-3H3,(H,19,20,22);;2*1H;(H2,1,2,3,4)/q;;;-1;;;. The van der Waals surface area contributed by atoms with E-state index >= 15 is 0 Å². The van der Waals surface area contributed by atoms with Crippen LogP contribution >= 0.6 is 85.2 Å². The molecule has 0 aliphatic carbocycles. The maximum absolute atomic E-state index is 13.4. The molecule has 1 fully saturated rings. The van der Waals surface area contributed by atoms with Gasteiger partial charge in [0, 0.05) is 45.4 Å². The monoisotopic (exact) mass is 1930 g/mol. The normalized spacial score (nSPS) is 12.7. The van der Waals surface area contributed by atoms with Gasteiger partial charge in [-0.05, 0) is 116 Å². The molecule has 6 N–H and O–H groups in total. The first-order chi connectivity index (χ1) is 43.6. The molecule has 1 saturated heterocycles. The van der Waals surface area contributed by atoms with E-state index in [0.717, 1.165) is 43.6 Å². The summed E-state index contributed by atoms with van der Waals surface area (Å²) < 4.78 is 114. The Hall–Kier alpha value is -4.59. The van der Waals surface area contributed by atoms with Gasteiger partial charge in [0.1, 0.15) is 34.7 Å². The Balaban J connectivity index is 0.000000285. The zero-order valence-electron chi connectivity index (χ0n) is 53.0. The van der Waals surface area contributed by atoms with Crippen LogP contribution in [0.15, 0.2) is 84.8 Å². The summed E-state index contributed by atoms with van der Waals surface area (Å²) in [5.41, 5.74) is 3.63.